The molecule has 1 aliphatic rings. The molecule has 0 unspecified atom stereocenters. The predicted octanol–water partition coefficient (Wildman–Crippen LogP) is 19.4. The Bertz CT molecular complexity index is 3730. The summed E-state index contributed by atoms with van der Waals surface area (Å²) < 4.78 is 0. The highest BCUT2D eigenvalue weighted by molar-refractivity contribution is 6.10. The van der Waals surface area contributed by atoms with E-state index in [-0.39, 0.29) is 10.8 Å². The maximum Gasteiger partial charge on any atom is 0.0714 e. The summed E-state index contributed by atoms with van der Waals surface area (Å²) in [7, 11) is 0. The van der Waals surface area contributed by atoms with Crippen molar-refractivity contribution >= 4 is 38.6 Å². The van der Waals surface area contributed by atoms with Crippen LogP contribution in [0.4, 0.5) is 17.1 Å². The van der Waals surface area contributed by atoms with Crippen LogP contribution in [-0.2, 0) is 16.2 Å². The summed E-state index contributed by atoms with van der Waals surface area (Å²) in [6.45, 7) is 14.0. The van der Waals surface area contributed by atoms with Crippen molar-refractivity contribution in [2.75, 3.05) is 4.90 Å². The van der Waals surface area contributed by atoms with Crippen LogP contribution in [0.15, 0.2) is 249 Å². The second-order valence-electron chi connectivity index (χ2n) is 21.7. The number of benzene rings is 11. The Balaban J connectivity index is 1.13. The van der Waals surface area contributed by atoms with E-state index in [9.17, 15) is 0 Å². The molecule has 348 valence electrons. The van der Waals surface area contributed by atoms with Crippen LogP contribution in [0, 0.1) is 0 Å². The lowest BCUT2D eigenvalue weighted by molar-refractivity contribution is 0.569. The Labute approximate surface area is 425 Å². The lowest BCUT2D eigenvalue weighted by Crippen LogP contribution is -2.28. The summed E-state index contributed by atoms with van der Waals surface area (Å²) in [6.07, 6.45) is 0. The molecular formula is C71H59N. The molecule has 72 heavy (non-hydrogen) atoms. The minimum atomic E-state index is -0.548. The van der Waals surface area contributed by atoms with Crippen LogP contribution in [0.2, 0.25) is 0 Å². The van der Waals surface area contributed by atoms with E-state index >= 15 is 0 Å². The molecule has 0 saturated carbocycles. The molecule has 0 fully saturated rings. The first-order chi connectivity index (χ1) is 35.0. The monoisotopic (exact) mass is 925 g/mol. The molecule has 0 bridgehead atoms. The van der Waals surface area contributed by atoms with Gasteiger partial charge in [-0.15, -0.1) is 0 Å². The highest BCUT2D eigenvalue weighted by Crippen LogP contribution is 2.60. The smallest absolute Gasteiger partial charge is 0.0714 e. The van der Waals surface area contributed by atoms with E-state index in [1.165, 1.54) is 99.4 Å². The van der Waals surface area contributed by atoms with Crippen molar-refractivity contribution in [1.82, 2.24) is 0 Å². The lowest BCUT2D eigenvalue weighted by atomic mass is 9.68. The molecule has 0 heterocycles. The van der Waals surface area contributed by atoms with Crippen molar-refractivity contribution in [2.24, 2.45) is 0 Å². The average Bonchev–Trinajstić information content (AvgIpc) is 3.72. The van der Waals surface area contributed by atoms with Crippen LogP contribution in [0.25, 0.3) is 66.1 Å². The molecule has 0 aromatic heterocycles. The summed E-state index contributed by atoms with van der Waals surface area (Å²) in [4.78, 5) is 2.54. The highest BCUT2D eigenvalue weighted by atomic mass is 15.1. The minimum Gasteiger partial charge on any atom is -0.309 e. The van der Waals surface area contributed by atoms with Gasteiger partial charge in [-0.1, -0.05) is 260 Å². The fourth-order valence-electron chi connectivity index (χ4n) is 11.6. The van der Waals surface area contributed by atoms with E-state index in [1.807, 2.05) is 0 Å². The van der Waals surface area contributed by atoms with E-state index in [2.05, 4.69) is 295 Å². The van der Waals surface area contributed by atoms with Crippen molar-refractivity contribution in [3.05, 3.63) is 282 Å². The number of para-hydroxylation sites is 1. The molecule has 0 radical (unpaired) electrons. The van der Waals surface area contributed by atoms with Crippen LogP contribution in [0.5, 0.6) is 0 Å². The van der Waals surface area contributed by atoms with E-state index in [1.54, 1.807) is 0 Å². The van der Waals surface area contributed by atoms with Gasteiger partial charge in [-0.3, -0.25) is 0 Å². The van der Waals surface area contributed by atoms with E-state index < -0.39 is 5.41 Å². The Morgan fingerprint density at radius 1 is 0.319 bits per heavy atom. The van der Waals surface area contributed by atoms with Crippen LogP contribution < -0.4 is 4.90 Å². The Morgan fingerprint density at radius 3 is 1.49 bits per heavy atom. The van der Waals surface area contributed by atoms with Crippen LogP contribution in [0.1, 0.15) is 74.9 Å². The lowest BCUT2D eigenvalue weighted by Gasteiger charge is -2.34. The van der Waals surface area contributed by atoms with E-state index in [0.29, 0.717) is 0 Å². The third-order valence-electron chi connectivity index (χ3n) is 15.2. The van der Waals surface area contributed by atoms with Gasteiger partial charge in [-0.2, -0.15) is 0 Å². The van der Waals surface area contributed by atoms with Gasteiger partial charge < -0.3 is 4.90 Å². The van der Waals surface area contributed by atoms with Gasteiger partial charge in [-0.05, 0) is 129 Å². The van der Waals surface area contributed by atoms with Gasteiger partial charge in [0.2, 0.25) is 0 Å². The third-order valence-corrected chi connectivity index (χ3v) is 15.2. The van der Waals surface area contributed by atoms with Crippen LogP contribution in [-0.4, -0.2) is 0 Å². The second-order valence-corrected chi connectivity index (χ2v) is 21.7. The summed E-state index contributed by atoms with van der Waals surface area (Å²) in [6, 6.07) is 93.1. The Hall–Kier alpha value is -8.26. The first-order valence-electron chi connectivity index (χ1n) is 25.5. The molecular weight excluding hydrogens is 867 g/mol. The largest absolute Gasteiger partial charge is 0.309 e. The molecule has 0 spiro atoms. The molecule has 0 atom stereocenters. The van der Waals surface area contributed by atoms with Crippen molar-refractivity contribution in [2.45, 2.75) is 57.8 Å². The number of nitrogens with zero attached hydrogens (tertiary/aromatic N) is 1. The summed E-state index contributed by atoms with van der Waals surface area (Å²) in [5.74, 6) is 0. The average molecular weight is 926 g/mol. The van der Waals surface area contributed by atoms with Crippen molar-refractivity contribution in [3.63, 3.8) is 0 Å². The minimum absolute atomic E-state index is 0.0203. The number of fused-ring (bicyclic) bond motifs is 5. The molecule has 1 heteroatoms. The molecule has 11 aromatic rings. The van der Waals surface area contributed by atoms with E-state index in [0.717, 1.165) is 17.1 Å². The fourth-order valence-corrected chi connectivity index (χ4v) is 11.6. The Kier molecular flexibility index (Phi) is 10.9. The summed E-state index contributed by atoms with van der Waals surface area (Å²) >= 11 is 0. The zero-order valence-electron chi connectivity index (χ0n) is 42.1. The third kappa shape index (κ3) is 7.55. The quantitative estimate of drug-likeness (QED) is 0.147. The first kappa shape index (κ1) is 44.9. The maximum atomic E-state index is 2.54. The zero-order valence-corrected chi connectivity index (χ0v) is 42.1. The normalized spacial score (nSPS) is 13.0. The number of rotatable bonds is 8. The van der Waals surface area contributed by atoms with Gasteiger partial charge >= 0.3 is 0 Å². The highest BCUT2D eigenvalue weighted by Gasteiger charge is 2.47. The predicted molar refractivity (Wildman–Crippen MR) is 307 cm³/mol. The zero-order chi connectivity index (χ0) is 49.2. The number of anilines is 3. The molecule has 1 aliphatic carbocycles. The van der Waals surface area contributed by atoms with Gasteiger partial charge in [0.1, 0.15) is 0 Å². The molecule has 0 aliphatic heterocycles. The molecule has 0 saturated heterocycles. The summed E-state index contributed by atoms with van der Waals surface area (Å²) in [5, 5.41) is 4.95. The van der Waals surface area contributed by atoms with Crippen molar-refractivity contribution < 1.29 is 0 Å². The maximum absolute atomic E-state index is 2.54. The van der Waals surface area contributed by atoms with E-state index in [4.69, 9.17) is 0 Å². The second kappa shape index (κ2) is 17.5. The molecule has 12 rings (SSSR count). The Morgan fingerprint density at radius 2 is 0.819 bits per heavy atom. The van der Waals surface area contributed by atoms with Crippen LogP contribution in [0.3, 0.4) is 0 Å². The first-order valence-corrected chi connectivity index (χ1v) is 25.5. The SMILES string of the molecule is CC(C)(C)c1cc(-c2cccc3cccc(-c4ccccc4N(c4ccc(-c5ccc6ccccc6c5)cc4)c4cccc5c4-c4ccccc4C5(c4ccccc4)c4ccccc4)c23)cc(C(C)(C)C)c1. The van der Waals surface area contributed by atoms with Gasteiger partial charge in [0.15, 0.2) is 0 Å². The summed E-state index contributed by atoms with van der Waals surface area (Å²) in [5.41, 5.74) is 20.2. The van der Waals surface area contributed by atoms with Gasteiger partial charge in [0.05, 0.1) is 16.8 Å². The molecule has 11 aromatic carbocycles. The fraction of sp³-hybridized carbons (Fsp3) is 0.127. The number of hydrogen-bond donors (Lipinski definition) is 0. The van der Waals surface area contributed by atoms with Crippen molar-refractivity contribution in [3.8, 4) is 44.5 Å². The van der Waals surface area contributed by atoms with Crippen LogP contribution >= 0.6 is 0 Å². The topological polar surface area (TPSA) is 3.24 Å². The molecule has 0 amide bonds. The standard InChI is InChI=1S/C71H59N/c1-69(2,3)56-45-53(46-57(47-56)70(4,5)6)59-32-19-24-50-25-20-33-61(67(50)59)60-30-16-18-36-65(60)72(58-42-40-49(41-43-58)52-39-38-48-22-13-14-23-51(48)44-52)66-37-21-35-64-68(66)62-31-15-17-34-63(62)71(64,54-26-9-7-10-27-54)55-28-11-8-12-29-55/h7-47H,1-6H3. The van der Waals surface area contributed by atoms with Crippen molar-refractivity contribution in [1.29, 1.82) is 0 Å². The van der Waals surface area contributed by atoms with Gasteiger partial charge in [0.25, 0.3) is 0 Å². The van der Waals surface area contributed by atoms with Gasteiger partial charge in [-0.25, -0.2) is 0 Å². The van der Waals surface area contributed by atoms with Gasteiger partial charge in [0, 0.05) is 16.8 Å². The molecule has 0 N–H and O–H groups in total. The molecule has 1 nitrogen and oxygen atoms in total. The number of hydrogen-bond acceptors (Lipinski definition) is 1.